The van der Waals surface area contributed by atoms with E-state index >= 15 is 0 Å². The van der Waals surface area contributed by atoms with Crippen LogP contribution in [0.3, 0.4) is 0 Å². The van der Waals surface area contributed by atoms with Crippen molar-refractivity contribution < 1.29 is 31.5 Å². The minimum Gasteiger partial charge on any atom is -0.348 e. The second-order valence-electron chi connectivity index (χ2n) is 12.0. The van der Waals surface area contributed by atoms with Gasteiger partial charge in [-0.15, -0.1) is 0 Å². The molecule has 7 nitrogen and oxygen atoms in total. The average Bonchev–Trinajstić information content (AvgIpc) is 3.28. The Morgan fingerprint density at radius 2 is 1.61 bits per heavy atom. The van der Waals surface area contributed by atoms with Crippen molar-refractivity contribution in [2.45, 2.75) is 55.3 Å². The van der Waals surface area contributed by atoms with Crippen LogP contribution < -0.4 is 9.62 Å². The number of nitrogens with zero attached hydrogens (tertiary/aromatic N) is 2. The standard InChI is InChI=1S/C35H34F3N3O4S/c1-24-34(17-19-40(20-18-34)23-25-7-3-2-4-8-25)31-21-26(33(42)39-22-27-9-5-6-10-30(27)35(37,38)43)11-16-32(31)41(24)46(44,45)29-14-12-28(36)13-15-29/h2-16,21,24,43H,17-20,22-23H2,1H3,(H,39,42). The Morgan fingerprint density at radius 1 is 0.957 bits per heavy atom. The number of sulfonamides is 1. The third-order valence-electron chi connectivity index (χ3n) is 9.33. The lowest BCUT2D eigenvalue weighted by Gasteiger charge is -2.43. The molecule has 2 heterocycles. The molecule has 4 aromatic carbocycles. The summed E-state index contributed by atoms with van der Waals surface area (Å²) < 4.78 is 70.7. The van der Waals surface area contributed by atoms with Gasteiger partial charge in [0.25, 0.3) is 15.9 Å². The van der Waals surface area contributed by atoms with Crippen LogP contribution in [0.2, 0.25) is 0 Å². The predicted molar refractivity (Wildman–Crippen MR) is 168 cm³/mol. The highest BCUT2D eigenvalue weighted by Crippen LogP contribution is 2.53. The van der Waals surface area contributed by atoms with E-state index in [0.29, 0.717) is 31.6 Å². The Balaban J connectivity index is 1.33. The van der Waals surface area contributed by atoms with Crippen molar-refractivity contribution in [3.05, 3.63) is 131 Å². The summed E-state index contributed by atoms with van der Waals surface area (Å²) in [5.41, 5.74) is 1.47. The molecule has 240 valence electrons. The van der Waals surface area contributed by atoms with Crippen LogP contribution in [0.1, 0.15) is 52.4 Å². The number of piperidine rings is 1. The van der Waals surface area contributed by atoms with E-state index in [-0.39, 0.29) is 22.6 Å². The van der Waals surface area contributed by atoms with Gasteiger partial charge >= 0.3 is 6.11 Å². The number of hydrogen-bond donors (Lipinski definition) is 2. The molecule has 6 rings (SSSR count). The Kier molecular flexibility index (Phi) is 8.43. The molecule has 1 atom stereocenters. The number of rotatable bonds is 8. The zero-order valence-corrected chi connectivity index (χ0v) is 26.0. The number of carbonyl (C=O) groups is 1. The van der Waals surface area contributed by atoms with E-state index in [4.69, 9.17) is 0 Å². The lowest BCUT2D eigenvalue weighted by molar-refractivity contribution is -0.209. The number of likely N-dealkylation sites (tertiary alicyclic amines) is 1. The SMILES string of the molecule is CC1N(S(=O)(=O)c2ccc(F)cc2)c2ccc(C(=O)NCc3ccccc3C(O)(F)F)cc2C12CCN(Cc1ccccc1)CC2. The van der Waals surface area contributed by atoms with Gasteiger partial charge in [0.15, 0.2) is 0 Å². The highest BCUT2D eigenvalue weighted by Gasteiger charge is 2.53. The number of fused-ring (bicyclic) bond motifs is 2. The highest BCUT2D eigenvalue weighted by molar-refractivity contribution is 7.92. The van der Waals surface area contributed by atoms with E-state index in [0.717, 1.165) is 30.3 Å². The monoisotopic (exact) mass is 649 g/mol. The molecular formula is C35H34F3N3O4S. The number of hydrogen-bond acceptors (Lipinski definition) is 5. The Bertz CT molecular complexity index is 1840. The Morgan fingerprint density at radius 3 is 2.28 bits per heavy atom. The maximum Gasteiger partial charge on any atom is 0.381 e. The third-order valence-corrected chi connectivity index (χ3v) is 11.2. The normalized spacial score (nSPS) is 18.0. The molecule has 11 heteroatoms. The summed E-state index contributed by atoms with van der Waals surface area (Å²) in [6, 6.07) is 24.6. The van der Waals surface area contributed by atoms with Crippen molar-refractivity contribution in [2.75, 3.05) is 17.4 Å². The summed E-state index contributed by atoms with van der Waals surface area (Å²) in [6.07, 6.45) is -2.80. The molecule has 46 heavy (non-hydrogen) atoms. The largest absolute Gasteiger partial charge is 0.381 e. The highest BCUT2D eigenvalue weighted by atomic mass is 32.2. The van der Waals surface area contributed by atoms with Crippen LogP contribution in [0.15, 0.2) is 102 Å². The van der Waals surface area contributed by atoms with Crippen molar-refractivity contribution in [3.63, 3.8) is 0 Å². The number of anilines is 1. The van der Waals surface area contributed by atoms with E-state index in [1.54, 1.807) is 12.1 Å². The predicted octanol–water partition coefficient (Wildman–Crippen LogP) is 5.93. The van der Waals surface area contributed by atoms with Gasteiger partial charge in [-0.1, -0.05) is 48.5 Å². The summed E-state index contributed by atoms with van der Waals surface area (Å²) >= 11 is 0. The fourth-order valence-electron chi connectivity index (χ4n) is 6.87. The van der Waals surface area contributed by atoms with Crippen molar-refractivity contribution in [1.29, 1.82) is 0 Å². The van der Waals surface area contributed by atoms with Gasteiger partial charge < -0.3 is 10.4 Å². The minimum absolute atomic E-state index is 0.0357. The van der Waals surface area contributed by atoms with E-state index in [9.17, 15) is 31.5 Å². The lowest BCUT2D eigenvalue weighted by Crippen LogP contribution is -2.51. The first-order valence-corrected chi connectivity index (χ1v) is 16.5. The van der Waals surface area contributed by atoms with Gasteiger partial charge in [-0.05, 0) is 98.1 Å². The first-order valence-electron chi connectivity index (χ1n) is 15.1. The summed E-state index contributed by atoms with van der Waals surface area (Å²) in [7, 11) is -4.10. The van der Waals surface area contributed by atoms with Gasteiger partial charge in [0.1, 0.15) is 5.82 Å². The Hall–Kier alpha value is -4.19. The molecular weight excluding hydrogens is 615 g/mol. The quantitative estimate of drug-likeness (QED) is 0.247. The van der Waals surface area contributed by atoms with E-state index < -0.39 is 44.9 Å². The molecule has 0 bridgehead atoms. The summed E-state index contributed by atoms with van der Waals surface area (Å²) in [6.45, 7) is 3.78. The van der Waals surface area contributed by atoms with Crippen LogP contribution >= 0.6 is 0 Å². The van der Waals surface area contributed by atoms with Gasteiger partial charge in [-0.3, -0.25) is 14.0 Å². The molecule has 2 aliphatic rings. The Labute approximate surface area is 266 Å². The zero-order chi connectivity index (χ0) is 32.7. The van der Waals surface area contributed by atoms with E-state index in [2.05, 4.69) is 22.3 Å². The van der Waals surface area contributed by atoms with Gasteiger partial charge in [0.2, 0.25) is 0 Å². The van der Waals surface area contributed by atoms with Crippen LogP contribution in [0.25, 0.3) is 0 Å². The molecule has 2 N–H and O–H groups in total. The number of halogens is 3. The maximum atomic E-state index is 14.1. The summed E-state index contributed by atoms with van der Waals surface area (Å²) in [4.78, 5) is 15.7. The topological polar surface area (TPSA) is 90.0 Å². The maximum absolute atomic E-state index is 14.1. The lowest BCUT2D eigenvalue weighted by atomic mass is 9.70. The van der Waals surface area contributed by atoms with Crippen molar-refractivity contribution >= 4 is 21.6 Å². The molecule has 1 spiro atoms. The molecule has 4 aromatic rings. The van der Waals surface area contributed by atoms with Gasteiger partial charge in [-0.25, -0.2) is 12.8 Å². The molecule has 1 unspecified atom stereocenters. The van der Waals surface area contributed by atoms with Gasteiger partial charge in [0, 0.05) is 24.1 Å². The molecule has 1 saturated heterocycles. The molecule has 1 fully saturated rings. The first kappa shape index (κ1) is 31.8. The number of aliphatic hydroxyl groups is 1. The zero-order valence-electron chi connectivity index (χ0n) is 25.2. The van der Waals surface area contributed by atoms with Crippen molar-refractivity contribution in [3.8, 4) is 0 Å². The van der Waals surface area contributed by atoms with Crippen LogP contribution in [-0.2, 0) is 34.6 Å². The van der Waals surface area contributed by atoms with Crippen molar-refractivity contribution in [1.82, 2.24) is 10.2 Å². The number of nitrogens with one attached hydrogen (secondary N) is 1. The van der Waals surface area contributed by atoms with Gasteiger partial charge in [-0.2, -0.15) is 8.78 Å². The summed E-state index contributed by atoms with van der Waals surface area (Å²) in [5, 5.41) is 12.0. The minimum atomic E-state index is -4.10. The molecule has 1 amide bonds. The van der Waals surface area contributed by atoms with Crippen LogP contribution in [0.5, 0.6) is 0 Å². The second kappa shape index (κ2) is 12.2. The van der Waals surface area contributed by atoms with Crippen LogP contribution in [0.4, 0.5) is 18.9 Å². The molecule has 0 aliphatic carbocycles. The van der Waals surface area contributed by atoms with Crippen molar-refractivity contribution in [2.24, 2.45) is 0 Å². The number of alkyl halides is 2. The molecule has 0 aromatic heterocycles. The fraction of sp³-hybridized carbons (Fsp3) is 0.286. The smallest absolute Gasteiger partial charge is 0.348 e. The molecule has 0 radical (unpaired) electrons. The third kappa shape index (κ3) is 5.90. The average molecular weight is 650 g/mol. The number of carbonyl (C=O) groups excluding carboxylic acids is 1. The molecule has 2 aliphatic heterocycles. The second-order valence-corrected chi connectivity index (χ2v) is 13.8. The van der Waals surface area contributed by atoms with E-state index in [1.807, 2.05) is 25.1 Å². The van der Waals surface area contributed by atoms with Crippen LogP contribution in [0, 0.1) is 5.82 Å². The van der Waals surface area contributed by atoms with Gasteiger partial charge in [0.05, 0.1) is 22.2 Å². The summed E-state index contributed by atoms with van der Waals surface area (Å²) in [5.74, 6) is -1.07. The van der Waals surface area contributed by atoms with Crippen LogP contribution in [-0.4, -0.2) is 43.5 Å². The van der Waals surface area contributed by atoms with E-state index in [1.165, 1.54) is 46.3 Å². The molecule has 0 saturated carbocycles. The fourth-order valence-corrected chi connectivity index (χ4v) is 8.61. The number of amides is 1. The number of benzene rings is 4. The first-order chi connectivity index (χ1) is 21.9.